The number of nitrogens with zero attached hydrogens (tertiary/aromatic N) is 4. The zero-order chi connectivity index (χ0) is 19.3. The summed E-state index contributed by atoms with van der Waals surface area (Å²) in [4.78, 5) is 4.39. The molecule has 0 N–H and O–H groups in total. The van der Waals surface area contributed by atoms with Gasteiger partial charge < -0.3 is 4.42 Å². The maximum absolute atomic E-state index is 5.88. The standard InChI is InChI=1S/C21H17BrN4OS/c1-2-12-26-20(16-8-10-17(22)11-9-16)24-25-21(26)28-14-19-23-13-18(27-19)15-6-4-3-5-7-15/h2-11,13H,1,12,14H2. The summed E-state index contributed by atoms with van der Waals surface area (Å²) in [5, 5.41) is 9.54. The minimum Gasteiger partial charge on any atom is -0.440 e. The molecule has 0 atom stereocenters. The number of hydrogen-bond acceptors (Lipinski definition) is 5. The van der Waals surface area contributed by atoms with Gasteiger partial charge in [0, 0.05) is 22.1 Å². The van der Waals surface area contributed by atoms with E-state index in [4.69, 9.17) is 4.42 Å². The van der Waals surface area contributed by atoms with Gasteiger partial charge in [0.05, 0.1) is 11.9 Å². The minimum absolute atomic E-state index is 0.572. The van der Waals surface area contributed by atoms with Crippen molar-refractivity contribution in [2.45, 2.75) is 17.5 Å². The van der Waals surface area contributed by atoms with Crippen molar-refractivity contribution in [3.05, 3.63) is 83.8 Å². The quantitative estimate of drug-likeness (QED) is 0.260. The van der Waals surface area contributed by atoms with E-state index in [0.717, 1.165) is 32.3 Å². The summed E-state index contributed by atoms with van der Waals surface area (Å²) in [6.45, 7) is 4.48. The van der Waals surface area contributed by atoms with E-state index < -0.39 is 0 Å². The van der Waals surface area contributed by atoms with Gasteiger partial charge in [-0.1, -0.05) is 76.2 Å². The van der Waals surface area contributed by atoms with Crippen LogP contribution in [-0.4, -0.2) is 19.7 Å². The van der Waals surface area contributed by atoms with Crippen molar-refractivity contribution in [1.29, 1.82) is 0 Å². The van der Waals surface area contributed by atoms with Gasteiger partial charge in [0.1, 0.15) is 0 Å². The molecule has 0 unspecified atom stereocenters. The summed E-state index contributed by atoms with van der Waals surface area (Å²) in [5.74, 6) is 2.80. The van der Waals surface area contributed by atoms with E-state index in [1.807, 2.05) is 65.2 Å². The predicted molar refractivity (Wildman–Crippen MR) is 115 cm³/mol. The van der Waals surface area contributed by atoms with E-state index in [1.165, 1.54) is 0 Å². The van der Waals surface area contributed by atoms with Gasteiger partial charge in [-0.25, -0.2) is 4.98 Å². The smallest absolute Gasteiger partial charge is 0.205 e. The van der Waals surface area contributed by atoms with Crippen molar-refractivity contribution in [3.8, 4) is 22.7 Å². The van der Waals surface area contributed by atoms with Crippen molar-refractivity contribution < 1.29 is 4.42 Å². The van der Waals surface area contributed by atoms with Crippen molar-refractivity contribution in [2.24, 2.45) is 0 Å². The second-order valence-electron chi connectivity index (χ2n) is 5.99. The van der Waals surface area contributed by atoms with Crippen LogP contribution < -0.4 is 0 Å². The first kappa shape index (κ1) is 18.7. The monoisotopic (exact) mass is 452 g/mol. The molecule has 0 spiro atoms. The zero-order valence-corrected chi connectivity index (χ0v) is 17.4. The van der Waals surface area contributed by atoms with Crippen molar-refractivity contribution in [2.75, 3.05) is 0 Å². The molecule has 2 aromatic heterocycles. The number of oxazole rings is 1. The van der Waals surface area contributed by atoms with Crippen LogP contribution in [-0.2, 0) is 12.3 Å². The van der Waals surface area contributed by atoms with Crippen LogP contribution in [0.3, 0.4) is 0 Å². The molecule has 0 saturated carbocycles. The molecule has 0 saturated heterocycles. The molecule has 4 rings (SSSR count). The fourth-order valence-corrected chi connectivity index (χ4v) is 3.81. The molecule has 0 bridgehead atoms. The Morgan fingerprint density at radius 3 is 2.57 bits per heavy atom. The topological polar surface area (TPSA) is 56.7 Å². The number of halogens is 1. The van der Waals surface area contributed by atoms with Crippen LogP contribution in [0.2, 0.25) is 0 Å². The maximum atomic E-state index is 5.88. The van der Waals surface area contributed by atoms with Gasteiger partial charge in [-0.15, -0.1) is 16.8 Å². The van der Waals surface area contributed by atoms with E-state index in [2.05, 4.69) is 37.7 Å². The Labute approximate surface area is 175 Å². The highest BCUT2D eigenvalue weighted by molar-refractivity contribution is 9.10. The summed E-state index contributed by atoms with van der Waals surface area (Å²) < 4.78 is 8.95. The molecule has 7 heteroatoms. The fourth-order valence-electron chi connectivity index (χ4n) is 2.74. The summed E-state index contributed by atoms with van der Waals surface area (Å²) >= 11 is 5.00. The first-order valence-electron chi connectivity index (χ1n) is 8.67. The molecular weight excluding hydrogens is 436 g/mol. The van der Waals surface area contributed by atoms with Crippen LogP contribution in [0, 0.1) is 0 Å². The molecule has 0 radical (unpaired) electrons. The fraction of sp³-hybridized carbons (Fsp3) is 0.0952. The first-order chi connectivity index (χ1) is 13.7. The number of allylic oxidation sites excluding steroid dienone is 1. The molecule has 140 valence electrons. The van der Waals surface area contributed by atoms with Gasteiger partial charge >= 0.3 is 0 Å². The van der Waals surface area contributed by atoms with Gasteiger partial charge in [0.15, 0.2) is 16.7 Å². The molecule has 0 aliphatic heterocycles. The Morgan fingerprint density at radius 1 is 1.04 bits per heavy atom. The lowest BCUT2D eigenvalue weighted by Gasteiger charge is -2.07. The molecule has 0 aliphatic rings. The van der Waals surface area contributed by atoms with Crippen LogP contribution in [0.15, 0.2) is 87.5 Å². The van der Waals surface area contributed by atoms with Crippen LogP contribution in [0.5, 0.6) is 0 Å². The number of thioether (sulfide) groups is 1. The van der Waals surface area contributed by atoms with E-state index in [0.29, 0.717) is 18.2 Å². The van der Waals surface area contributed by atoms with Crippen LogP contribution in [0.25, 0.3) is 22.7 Å². The second kappa shape index (κ2) is 8.58. The van der Waals surface area contributed by atoms with Gasteiger partial charge in [-0.2, -0.15) is 0 Å². The molecule has 5 nitrogen and oxygen atoms in total. The highest BCUT2D eigenvalue weighted by Gasteiger charge is 2.15. The molecule has 28 heavy (non-hydrogen) atoms. The van der Waals surface area contributed by atoms with Crippen molar-refractivity contribution >= 4 is 27.7 Å². The molecule has 2 aromatic carbocycles. The molecular formula is C21H17BrN4OS. The summed E-state index contributed by atoms with van der Waals surface area (Å²) in [5.41, 5.74) is 2.02. The lowest BCUT2D eigenvalue weighted by Crippen LogP contribution is -2.00. The number of rotatable bonds is 7. The van der Waals surface area contributed by atoms with E-state index in [9.17, 15) is 0 Å². The lowest BCUT2D eigenvalue weighted by atomic mass is 10.2. The van der Waals surface area contributed by atoms with Gasteiger partial charge in [-0.3, -0.25) is 4.57 Å². The highest BCUT2D eigenvalue weighted by Crippen LogP contribution is 2.28. The lowest BCUT2D eigenvalue weighted by molar-refractivity contribution is 0.529. The van der Waals surface area contributed by atoms with Crippen molar-refractivity contribution in [1.82, 2.24) is 19.7 Å². The largest absolute Gasteiger partial charge is 0.440 e. The Kier molecular flexibility index (Phi) is 5.73. The third-order valence-electron chi connectivity index (χ3n) is 4.07. The van der Waals surface area contributed by atoms with Gasteiger partial charge in [0.2, 0.25) is 5.89 Å². The highest BCUT2D eigenvalue weighted by atomic mass is 79.9. The normalized spacial score (nSPS) is 10.9. The van der Waals surface area contributed by atoms with Gasteiger partial charge in [0.25, 0.3) is 0 Å². The third-order valence-corrected chi connectivity index (χ3v) is 5.55. The Morgan fingerprint density at radius 2 is 1.82 bits per heavy atom. The number of aromatic nitrogens is 4. The summed E-state index contributed by atoms with van der Waals surface area (Å²) in [6, 6.07) is 18.0. The number of hydrogen-bond donors (Lipinski definition) is 0. The Balaban J connectivity index is 1.53. The minimum atomic E-state index is 0.572. The zero-order valence-electron chi connectivity index (χ0n) is 15.0. The Hall–Kier alpha value is -2.64. The maximum Gasteiger partial charge on any atom is 0.205 e. The van der Waals surface area contributed by atoms with E-state index in [-0.39, 0.29) is 0 Å². The van der Waals surface area contributed by atoms with E-state index >= 15 is 0 Å². The molecule has 0 aliphatic carbocycles. The predicted octanol–water partition coefficient (Wildman–Crippen LogP) is 5.84. The molecule has 0 amide bonds. The van der Waals surface area contributed by atoms with E-state index in [1.54, 1.807) is 18.0 Å². The molecule has 0 fully saturated rings. The first-order valence-corrected chi connectivity index (χ1v) is 10.5. The summed E-state index contributed by atoms with van der Waals surface area (Å²) in [7, 11) is 0. The van der Waals surface area contributed by atoms with Gasteiger partial charge in [-0.05, 0) is 12.1 Å². The van der Waals surface area contributed by atoms with Crippen LogP contribution >= 0.6 is 27.7 Å². The number of benzene rings is 2. The molecule has 4 aromatic rings. The summed E-state index contributed by atoms with van der Waals surface area (Å²) in [6.07, 6.45) is 3.60. The van der Waals surface area contributed by atoms with Crippen LogP contribution in [0.4, 0.5) is 0 Å². The second-order valence-corrected chi connectivity index (χ2v) is 7.84. The average molecular weight is 453 g/mol. The average Bonchev–Trinajstić information content (AvgIpc) is 3.35. The van der Waals surface area contributed by atoms with Crippen LogP contribution in [0.1, 0.15) is 5.89 Å². The third kappa shape index (κ3) is 4.10. The van der Waals surface area contributed by atoms with Crippen molar-refractivity contribution in [3.63, 3.8) is 0 Å². The Bertz CT molecular complexity index is 1070. The SMILES string of the molecule is C=CCn1c(SCc2ncc(-c3ccccc3)o2)nnc1-c1ccc(Br)cc1. The molecule has 2 heterocycles.